The highest BCUT2D eigenvalue weighted by Crippen LogP contribution is 1.77. The van der Waals surface area contributed by atoms with E-state index in [0.29, 0.717) is 11.6 Å². The Hall–Kier alpha value is -0.750. The van der Waals surface area contributed by atoms with Crippen molar-refractivity contribution in [1.29, 1.82) is 0 Å². The molecule has 0 aromatic heterocycles. The third-order valence-electron chi connectivity index (χ3n) is 0.663. The maximum atomic E-state index is 10.1. The molecule has 0 bridgehead atoms. The molecule has 0 heterocycles. The van der Waals surface area contributed by atoms with Gasteiger partial charge in [-0.2, -0.15) is 8.42 Å². The summed E-state index contributed by atoms with van der Waals surface area (Å²) >= 11 is -0.750. The Morgan fingerprint density at radius 3 is 1.90 bits per heavy atom. The van der Waals surface area contributed by atoms with Gasteiger partial charge in [0.2, 0.25) is 5.91 Å². The molecule has 0 fully saturated rings. The van der Waals surface area contributed by atoms with Gasteiger partial charge >= 0.3 is 11.6 Å². The predicted octanol–water partition coefficient (Wildman–Crippen LogP) is -0.426. The first kappa shape index (κ1) is 12.0. The Kier molecular flexibility index (Phi) is 9.88. The van der Waals surface area contributed by atoms with Gasteiger partial charge in [-0.05, 0) is 6.92 Å². The van der Waals surface area contributed by atoms with Gasteiger partial charge in [0.05, 0.1) is 0 Å². The Bertz CT molecular complexity index is 131. The summed E-state index contributed by atoms with van der Waals surface area (Å²) in [5.74, 6) is -0.317. The van der Waals surface area contributed by atoms with Gasteiger partial charge in [0, 0.05) is 13.5 Å². The summed E-state index contributed by atoms with van der Waals surface area (Å²) in [6.07, 6.45) is 0. The molecule has 0 saturated carbocycles. The summed E-state index contributed by atoms with van der Waals surface area (Å²) in [5.41, 5.74) is 0. The van der Waals surface area contributed by atoms with Crippen LogP contribution in [0.15, 0.2) is 0 Å². The summed E-state index contributed by atoms with van der Waals surface area (Å²) in [4.78, 5) is 10.1. The number of carbonyl (C=O) groups is 1. The summed E-state index contributed by atoms with van der Waals surface area (Å²) < 4.78 is 16.6. The highest BCUT2D eigenvalue weighted by atomic mass is 32.1. The van der Waals surface area contributed by atoms with Gasteiger partial charge in [-0.25, -0.2) is 5.06 Å². The molecule has 0 aromatic rings. The van der Waals surface area contributed by atoms with E-state index >= 15 is 0 Å². The Morgan fingerprint density at radius 1 is 1.60 bits per heavy atom. The van der Waals surface area contributed by atoms with Crippen LogP contribution < -0.4 is 0 Å². The second-order valence-corrected chi connectivity index (χ2v) is 1.44. The summed E-state index contributed by atoms with van der Waals surface area (Å²) in [7, 11) is 0. The molecule has 0 rings (SSSR count). The molecule has 6 heteroatoms. The van der Waals surface area contributed by atoms with Crippen LogP contribution in [0.2, 0.25) is 0 Å². The van der Waals surface area contributed by atoms with E-state index in [1.54, 1.807) is 6.92 Å². The molecule has 0 aliphatic carbocycles. The Balaban J connectivity index is 0. The van der Waals surface area contributed by atoms with Crippen molar-refractivity contribution in [1.82, 2.24) is 5.06 Å². The van der Waals surface area contributed by atoms with Crippen molar-refractivity contribution in [2.75, 3.05) is 6.54 Å². The number of amides is 1. The van der Waals surface area contributed by atoms with Gasteiger partial charge in [-0.1, -0.05) is 0 Å². The van der Waals surface area contributed by atoms with Gasteiger partial charge in [-0.3, -0.25) is 10.0 Å². The minimum atomic E-state index is -0.750. The van der Waals surface area contributed by atoms with Crippen molar-refractivity contribution in [3.8, 4) is 0 Å². The van der Waals surface area contributed by atoms with Crippen LogP contribution >= 0.6 is 0 Å². The van der Waals surface area contributed by atoms with Gasteiger partial charge in [-0.15, -0.1) is 0 Å². The van der Waals surface area contributed by atoms with E-state index in [-0.39, 0.29) is 5.91 Å². The minimum absolute atomic E-state index is 0.317. The molecule has 0 radical (unpaired) electrons. The van der Waals surface area contributed by atoms with Crippen LogP contribution in [0.3, 0.4) is 0 Å². The van der Waals surface area contributed by atoms with Crippen molar-refractivity contribution < 1.29 is 18.4 Å². The SMILES string of the molecule is CCN(O)C(C)=O.O=S=O. The summed E-state index contributed by atoms with van der Waals surface area (Å²) in [6.45, 7) is 3.36. The molecule has 0 aromatic carbocycles. The first-order valence-electron chi connectivity index (χ1n) is 2.48. The van der Waals surface area contributed by atoms with E-state index in [1.165, 1.54) is 6.92 Å². The van der Waals surface area contributed by atoms with Crippen molar-refractivity contribution >= 4 is 17.5 Å². The second kappa shape index (κ2) is 8.25. The molecule has 0 saturated heterocycles. The molecule has 0 aliphatic rings. The second-order valence-electron chi connectivity index (χ2n) is 1.30. The number of rotatable bonds is 1. The van der Waals surface area contributed by atoms with Crippen LogP contribution in [-0.2, 0) is 16.4 Å². The molecule has 0 spiro atoms. The standard InChI is InChI=1S/C4H9NO2.O2S/c1-3-5(7)4(2)6;1-3-2/h7H,3H2,1-2H3;. The quantitative estimate of drug-likeness (QED) is 0.425. The summed E-state index contributed by atoms with van der Waals surface area (Å²) in [6, 6.07) is 0. The van der Waals surface area contributed by atoms with Gasteiger partial charge in [0.1, 0.15) is 0 Å². The maximum Gasteiger partial charge on any atom is 0.335 e. The molecule has 5 nitrogen and oxygen atoms in total. The van der Waals surface area contributed by atoms with Gasteiger partial charge in [0.15, 0.2) is 0 Å². The first-order chi connectivity index (χ1) is 4.59. The third-order valence-corrected chi connectivity index (χ3v) is 0.663. The van der Waals surface area contributed by atoms with Crippen molar-refractivity contribution in [3.63, 3.8) is 0 Å². The van der Waals surface area contributed by atoms with Crippen LogP contribution in [0.5, 0.6) is 0 Å². The lowest BCUT2D eigenvalue weighted by atomic mass is 10.6. The number of carbonyl (C=O) groups excluding carboxylic acids is 1. The van der Waals surface area contributed by atoms with E-state index < -0.39 is 11.6 Å². The lowest BCUT2D eigenvalue weighted by Crippen LogP contribution is -2.23. The van der Waals surface area contributed by atoms with Crippen LogP contribution in [0.1, 0.15) is 13.8 Å². The molecular formula is C4H9NO4S. The molecular weight excluding hydrogens is 158 g/mol. The van der Waals surface area contributed by atoms with Gasteiger partial charge < -0.3 is 0 Å². The molecule has 0 aliphatic heterocycles. The van der Waals surface area contributed by atoms with Crippen LogP contribution in [0.25, 0.3) is 0 Å². The van der Waals surface area contributed by atoms with E-state index in [1.807, 2.05) is 0 Å². The molecule has 0 atom stereocenters. The van der Waals surface area contributed by atoms with Crippen LogP contribution in [-0.4, -0.2) is 31.1 Å². The van der Waals surface area contributed by atoms with Crippen LogP contribution in [0, 0.1) is 0 Å². The zero-order valence-corrected chi connectivity index (χ0v) is 6.55. The van der Waals surface area contributed by atoms with E-state index in [2.05, 4.69) is 0 Å². The largest absolute Gasteiger partial charge is 0.335 e. The lowest BCUT2D eigenvalue weighted by Gasteiger charge is -2.06. The third kappa shape index (κ3) is 10.3. The first-order valence-corrected chi connectivity index (χ1v) is 3.15. The average molecular weight is 167 g/mol. The monoisotopic (exact) mass is 167 g/mol. The van der Waals surface area contributed by atoms with E-state index in [4.69, 9.17) is 13.6 Å². The zero-order chi connectivity index (χ0) is 8.57. The molecule has 60 valence electrons. The zero-order valence-electron chi connectivity index (χ0n) is 5.73. The number of hydrogen-bond donors (Lipinski definition) is 1. The molecule has 10 heavy (non-hydrogen) atoms. The molecule has 0 unspecified atom stereocenters. The predicted molar refractivity (Wildman–Crippen MR) is 33.8 cm³/mol. The maximum absolute atomic E-state index is 10.1. The van der Waals surface area contributed by atoms with Crippen molar-refractivity contribution in [3.05, 3.63) is 0 Å². The van der Waals surface area contributed by atoms with Crippen LogP contribution in [0.4, 0.5) is 0 Å². The van der Waals surface area contributed by atoms with Crippen molar-refractivity contribution in [2.24, 2.45) is 0 Å². The van der Waals surface area contributed by atoms with E-state index in [0.717, 1.165) is 0 Å². The lowest BCUT2D eigenvalue weighted by molar-refractivity contribution is -0.161. The fourth-order valence-corrected chi connectivity index (χ4v) is 0.223. The fourth-order valence-electron chi connectivity index (χ4n) is 0.223. The smallest absolute Gasteiger partial charge is 0.286 e. The molecule has 1 N–H and O–H groups in total. The number of hydroxylamine groups is 2. The highest BCUT2D eigenvalue weighted by molar-refractivity contribution is 7.51. The van der Waals surface area contributed by atoms with Crippen molar-refractivity contribution in [2.45, 2.75) is 13.8 Å². The minimum Gasteiger partial charge on any atom is -0.286 e. The Morgan fingerprint density at radius 2 is 1.90 bits per heavy atom. The Labute approximate surface area is 62.2 Å². The normalized spacial score (nSPS) is 7.10. The number of hydrogen-bond acceptors (Lipinski definition) is 4. The average Bonchev–Trinajstić information content (AvgIpc) is 1.88. The highest BCUT2D eigenvalue weighted by Gasteiger charge is 1.96. The summed E-state index contributed by atoms with van der Waals surface area (Å²) in [5, 5.41) is 9.07. The number of nitrogens with zero attached hydrogens (tertiary/aromatic N) is 1. The fraction of sp³-hybridized carbons (Fsp3) is 0.750. The topological polar surface area (TPSA) is 74.7 Å². The molecule has 1 amide bonds. The van der Waals surface area contributed by atoms with Gasteiger partial charge in [0.25, 0.3) is 0 Å². The van der Waals surface area contributed by atoms with E-state index in [9.17, 15) is 4.79 Å².